The summed E-state index contributed by atoms with van der Waals surface area (Å²) in [5.74, 6) is 0.884. The summed E-state index contributed by atoms with van der Waals surface area (Å²) in [4.78, 5) is 11.8. The molecule has 0 bridgehead atoms. The molecule has 5 heteroatoms. The second-order valence-corrected chi connectivity index (χ2v) is 5.74. The third-order valence-corrected chi connectivity index (χ3v) is 3.89. The lowest BCUT2D eigenvalue weighted by atomic mass is 10.2. The highest BCUT2D eigenvalue weighted by Gasteiger charge is 2.05. The molecule has 0 aliphatic heterocycles. The Morgan fingerprint density at radius 1 is 1.32 bits per heavy atom. The molecule has 0 fully saturated rings. The molecule has 19 heavy (non-hydrogen) atoms. The molecule has 0 saturated carbocycles. The number of aromatic nitrogens is 3. The number of thioether (sulfide) groups is 1. The van der Waals surface area contributed by atoms with Crippen LogP contribution < -0.4 is 0 Å². The number of imidazole rings is 1. The van der Waals surface area contributed by atoms with Crippen molar-refractivity contribution in [2.45, 2.75) is 17.8 Å². The summed E-state index contributed by atoms with van der Waals surface area (Å²) in [5, 5.41) is 1.48. The Morgan fingerprint density at radius 2 is 2.21 bits per heavy atom. The lowest BCUT2D eigenvalue weighted by Crippen LogP contribution is -1.83. The van der Waals surface area contributed by atoms with Crippen LogP contribution in [0.2, 0.25) is 5.02 Å². The molecular formula is C14H12ClN3S. The highest BCUT2D eigenvalue weighted by molar-refractivity contribution is 7.98. The Hall–Kier alpha value is -1.52. The monoisotopic (exact) mass is 289 g/mol. The van der Waals surface area contributed by atoms with Gasteiger partial charge in [0.15, 0.2) is 10.8 Å². The molecule has 0 radical (unpaired) electrons. The van der Waals surface area contributed by atoms with E-state index in [-0.39, 0.29) is 0 Å². The topological polar surface area (TPSA) is 41.6 Å². The van der Waals surface area contributed by atoms with Gasteiger partial charge in [-0.3, -0.25) is 0 Å². The minimum absolute atomic E-state index is 0.617. The first-order chi connectivity index (χ1) is 9.20. The van der Waals surface area contributed by atoms with E-state index < -0.39 is 0 Å². The number of hydrogen-bond donors (Lipinski definition) is 1. The summed E-state index contributed by atoms with van der Waals surface area (Å²) in [6.45, 7) is 2.10. The summed E-state index contributed by atoms with van der Waals surface area (Å²) in [7, 11) is 0. The predicted molar refractivity (Wildman–Crippen MR) is 79.6 cm³/mol. The van der Waals surface area contributed by atoms with E-state index in [4.69, 9.17) is 11.6 Å². The van der Waals surface area contributed by atoms with Gasteiger partial charge < -0.3 is 4.98 Å². The SMILES string of the molecule is Cc1cccc(CSc2nc3ncc(Cl)cc3[nH]2)c1. The minimum atomic E-state index is 0.617. The van der Waals surface area contributed by atoms with Crippen LogP contribution in [0.25, 0.3) is 11.2 Å². The van der Waals surface area contributed by atoms with Crippen molar-refractivity contribution in [2.24, 2.45) is 0 Å². The number of aryl methyl sites for hydroxylation is 1. The summed E-state index contributed by atoms with van der Waals surface area (Å²) in [6, 6.07) is 10.3. The zero-order valence-corrected chi connectivity index (χ0v) is 11.9. The van der Waals surface area contributed by atoms with Crippen LogP contribution in [-0.2, 0) is 5.75 Å². The molecule has 0 atom stereocenters. The van der Waals surface area contributed by atoms with E-state index in [0.717, 1.165) is 16.4 Å². The van der Waals surface area contributed by atoms with Gasteiger partial charge in [-0.2, -0.15) is 0 Å². The Balaban J connectivity index is 1.78. The molecule has 0 unspecified atom stereocenters. The van der Waals surface area contributed by atoms with Gasteiger partial charge in [-0.05, 0) is 18.6 Å². The van der Waals surface area contributed by atoms with Gasteiger partial charge in [0.05, 0.1) is 10.5 Å². The Bertz CT molecular complexity index is 724. The van der Waals surface area contributed by atoms with Gasteiger partial charge in [-0.15, -0.1) is 0 Å². The van der Waals surface area contributed by atoms with Gasteiger partial charge in [0.25, 0.3) is 0 Å². The molecule has 3 rings (SSSR count). The molecule has 0 saturated heterocycles. The van der Waals surface area contributed by atoms with E-state index >= 15 is 0 Å². The molecule has 0 spiro atoms. The normalized spacial score (nSPS) is 11.1. The highest BCUT2D eigenvalue weighted by Crippen LogP contribution is 2.23. The Labute approximate surface area is 120 Å². The van der Waals surface area contributed by atoms with Gasteiger partial charge in [-0.1, -0.05) is 53.2 Å². The van der Waals surface area contributed by atoms with Crippen LogP contribution in [0.4, 0.5) is 0 Å². The van der Waals surface area contributed by atoms with Crippen LogP contribution in [0.15, 0.2) is 41.7 Å². The quantitative estimate of drug-likeness (QED) is 0.734. The van der Waals surface area contributed by atoms with Crippen molar-refractivity contribution in [3.63, 3.8) is 0 Å². The molecule has 1 aromatic carbocycles. The fraction of sp³-hybridized carbons (Fsp3) is 0.143. The van der Waals surface area contributed by atoms with E-state index in [1.54, 1.807) is 18.0 Å². The fourth-order valence-electron chi connectivity index (χ4n) is 1.87. The number of nitrogens with one attached hydrogen (secondary N) is 1. The molecule has 2 aromatic heterocycles. The molecule has 3 nitrogen and oxygen atoms in total. The van der Waals surface area contributed by atoms with Crippen molar-refractivity contribution < 1.29 is 0 Å². The number of halogens is 1. The first-order valence-corrected chi connectivity index (χ1v) is 7.27. The molecular weight excluding hydrogens is 278 g/mol. The van der Waals surface area contributed by atoms with Crippen molar-refractivity contribution in [2.75, 3.05) is 0 Å². The molecule has 0 aliphatic carbocycles. The number of fused-ring (bicyclic) bond motifs is 1. The van der Waals surface area contributed by atoms with Gasteiger partial charge in [0.1, 0.15) is 0 Å². The van der Waals surface area contributed by atoms with Gasteiger partial charge in [0.2, 0.25) is 0 Å². The van der Waals surface area contributed by atoms with Gasteiger partial charge in [-0.25, -0.2) is 9.97 Å². The number of benzene rings is 1. The van der Waals surface area contributed by atoms with Gasteiger partial charge in [0, 0.05) is 11.9 Å². The molecule has 3 aromatic rings. The Morgan fingerprint density at radius 3 is 3.05 bits per heavy atom. The summed E-state index contributed by atoms with van der Waals surface area (Å²) in [5.41, 5.74) is 4.14. The Kier molecular flexibility index (Phi) is 3.44. The van der Waals surface area contributed by atoms with Crippen molar-refractivity contribution in [1.82, 2.24) is 15.0 Å². The summed E-state index contributed by atoms with van der Waals surface area (Å²) in [6.07, 6.45) is 1.61. The van der Waals surface area contributed by atoms with E-state index in [1.807, 2.05) is 6.07 Å². The summed E-state index contributed by atoms with van der Waals surface area (Å²) >= 11 is 7.57. The van der Waals surface area contributed by atoms with E-state index in [1.165, 1.54) is 11.1 Å². The van der Waals surface area contributed by atoms with E-state index in [9.17, 15) is 0 Å². The standard InChI is InChI=1S/C14H12ClN3S/c1-9-3-2-4-10(5-9)8-19-14-17-12-6-11(15)7-16-13(12)18-14/h2-7H,8H2,1H3,(H,16,17,18). The number of rotatable bonds is 3. The highest BCUT2D eigenvalue weighted by atomic mass is 35.5. The first-order valence-electron chi connectivity index (χ1n) is 5.90. The van der Waals surface area contributed by atoms with Crippen LogP contribution in [0.1, 0.15) is 11.1 Å². The lowest BCUT2D eigenvalue weighted by molar-refractivity contribution is 1.07. The third-order valence-electron chi connectivity index (χ3n) is 2.74. The van der Waals surface area contributed by atoms with Gasteiger partial charge >= 0.3 is 0 Å². The molecule has 0 aliphatic rings. The maximum atomic E-state index is 5.90. The molecule has 96 valence electrons. The largest absolute Gasteiger partial charge is 0.331 e. The maximum absolute atomic E-state index is 5.90. The third kappa shape index (κ3) is 2.91. The van der Waals surface area contributed by atoms with E-state index in [0.29, 0.717) is 10.7 Å². The maximum Gasteiger partial charge on any atom is 0.178 e. The number of hydrogen-bond acceptors (Lipinski definition) is 3. The van der Waals surface area contributed by atoms with Crippen molar-refractivity contribution in [3.05, 3.63) is 52.7 Å². The van der Waals surface area contributed by atoms with E-state index in [2.05, 4.69) is 46.1 Å². The number of pyridine rings is 1. The molecule has 1 N–H and O–H groups in total. The number of nitrogens with zero attached hydrogens (tertiary/aromatic N) is 2. The number of H-pyrrole nitrogens is 1. The summed E-state index contributed by atoms with van der Waals surface area (Å²) < 4.78 is 0. The van der Waals surface area contributed by atoms with Crippen LogP contribution in [0, 0.1) is 6.92 Å². The molecule has 0 amide bonds. The number of aromatic amines is 1. The van der Waals surface area contributed by atoms with Crippen LogP contribution in [0.5, 0.6) is 0 Å². The molecule has 2 heterocycles. The smallest absolute Gasteiger partial charge is 0.178 e. The first kappa shape index (κ1) is 12.5. The van der Waals surface area contributed by atoms with Crippen LogP contribution >= 0.6 is 23.4 Å². The van der Waals surface area contributed by atoms with Crippen molar-refractivity contribution in [1.29, 1.82) is 0 Å². The second kappa shape index (κ2) is 5.23. The van der Waals surface area contributed by atoms with Crippen molar-refractivity contribution >= 4 is 34.5 Å². The zero-order valence-electron chi connectivity index (χ0n) is 10.4. The van der Waals surface area contributed by atoms with Crippen molar-refractivity contribution in [3.8, 4) is 0 Å². The average Bonchev–Trinajstić information content (AvgIpc) is 2.78. The van der Waals surface area contributed by atoms with Crippen LogP contribution in [-0.4, -0.2) is 15.0 Å². The second-order valence-electron chi connectivity index (χ2n) is 4.34. The lowest BCUT2D eigenvalue weighted by Gasteiger charge is -2.00. The van der Waals surface area contributed by atoms with Crippen LogP contribution in [0.3, 0.4) is 0 Å². The zero-order chi connectivity index (χ0) is 13.2. The minimum Gasteiger partial charge on any atom is -0.331 e. The fourth-order valence-corrected chi connectivity index (χ4v) is 2.85. The predicted octanol–water partition coefficient (Wildman–Crippen LogP) is 4.21. The average molecular weight is 290 g/mol.